The molecular weight excluding hydrogens is 148 g/mol. The summed E-state index contributed by atoms with van der Waals surface area (Å²) in [5.41, 5.74) is 5.97. The van der Waals surface area contributed by atoms with Crippen LogP contribution < -0.4 is 5.73 Å². The SMILES string of the molecule is C#CC(C)N(C)C1(CN)CCC1. The van der Waals surface area contributed by atoms with Gasteiger partial charge in [-0.2, -0.15) is 0 Å². The highest BCUT2D eigenvalue weighted by Gasteiger charge is 2.40. The molecule has 0 radical (unpaired) electrons. The van der Waals surface area contributed by atoms with Gasteiger partial charge in [0.1, 0.15) is 0 Å². The molecule has 2 nitrogen and oxygen atoms in total. The van der Waals surface area contributed by atoms with E-state index < -0.39 is 0 Å². The number of terminal acetylenes is 1. The van der Waals surface area contributed by atoms with Gasteiger partial charge in [-0.15, -0.1) is 6.42 Å². The van der Waals surface area contributed by atoms with Crippen molar-refractivity contribution >= 4 is 0 Å². The molecule has 0 aromatic carbocycles. The third-order valence-electron chi connectivity index (χ3n) is 3.23. The lowest BCUT2D eigenvalue weighted by atomic mass is 9.75. The summed E-state index contributed by atoms with van der Waals surface area (Å²) in [6.45, 7) is 2.78. The van der Waals surface area contributed by atoms with E-state index in [0.29, 0.717) is 0 Å². The maximum absolute atomic E-state index is 5.75. The number of likely N-dealkylation sites (N-methyl/N-ethyl adjacent to an activating group) is 1. The lowest BCUT2D eigenvalue weighted by Crippen LogP contribution is -2.59. The molecule has 2 N–H and O–H groups in total. The second-order valence-electron chi connectivity index (χ2n) is 3.74. The summed E-state index contributed by atoms with van der Waals surface area (Å²) < 4.78 is 0. The van der Waals surface area contributed by atoms with Crippen molar-refractivity contribution in [3.8, 4) is 12.3 Å². The maximum atomic E-state index is 5.75. The summed E-state index contributed by atoms with van der Waals surface area (Å²) in [4.78, 5) is 2.25. The molecule has 0 aromatic rings. The van der Waals surface area contributed by atoms with E-state index in [1.807, 2.05) is 0 Å². The van der Waals surface area contributed by atoms with Crippen molar-refractivity contribution < 1.29 is 0 Å². The minimum absolute atomic E-state index is 0.203. The largest absolute Gasteiger partial charge is 0.329 e. The Morgan fingerprint density at radius 2 is 2.25 bits per heavy atom. The van der Waals surface area contributed by atoms with Crippen LogP contribution in [0.2, 0.25) is 0 Å². The molecule has 1 rings (SSSR count). The highest BCUT2D eigenvalue weighted by molar-refractivity contribution is 5.06. The van der Waals surface area contributed by atoms with E-state index in [-0.39, 0.29) is 11.6 Å². The summed E-state index contributed by atoms with van der Waals surface area (Å²) in [6.07, 6.45) is 9.06. The Morgan fingerprint density at radius 3 is 2.50 bits per heavy atom. The number of hydrogen-bond acceptors (Lipinski definition) is 2. The van der Waals surface area contributed by atoms with Crippen molar-refractivity contribution in [2.24, 2.45) is 5.73 Å². The van der Waals surface area contributed by atoms with Crippen LogP contribution in [0.4, 0.5) is 0 Å². The van der Waals surface area contributed by atoms with Gasteiger partial charge in [0.2, 0.25) is 0 Å². The lowest BCUT2D eigenvalue weighted by Gasteiger charge is -2.49. The van der Waals surface area contributed by atoms with Crippen molar-refractivity contribution in [2.75, 3.05) is 13.6 Å². The molecule has 0 bridgehead atoms. The normalized spacial score (nSPS) is 22.9. The third-order valence-corrected chi connectivity index (χ3v) is 3.23. The minimum atomic E-state index is 0.203. The van der Waals surface area contributed by atoms with Crippen LogP contribution in [0, 0.1) is 12.3 Å². The average Bonchev–Trinajstić information content (AvgIpc) is 2.02. The average molecular weight is 166 g/mol. The number of nitrogens with two attached hydrogens (primary N) is 1. The van der Waals surface area contributed by atoms with Crippen LogP contribution in [0.1, 0.15) is 26.2 Å². The first-order chi connectivity index (χ1) is 5.66. The summed E-state index contributed by atoms with van der Waals surface area (Å²) in [6, 6.07) is 0.203. The molecule has 0 amide bonds. The maximum Gasteiger partial charge on any atom is 0.0685 e. The molecule has 0 aliphatic heterocycles. The van der Waals surface area contributed by atoms with Gasteiger partial charge in [-0.05, 0) is 33.2 Å². The highest BCUT2D eigenvalue weighted by Crippen LogP contribution is 2.36. The van der Waals surface area contributed by atoms with Crippen molar-refractivity contribution in [1.29, 1.82) is 0 Å². The fourth-order valence-electron chi connectivity index (χ4n) is 1.81. The van der Waals surface area contributed by atoms with Gasteiger partial charge in [0, 0.05) is 12.1 Å². The summed E-state index contributed by atoms with van der Waals surface area (Å²) in [5.74, 6) is 2.74. The Balaban J connectivity index is 2.61. The van der Waals surface area contributed by atoms with Gasteiger partial charge in [0.05, 0.1) is 6.04 Å². The Kier molecular flexibility index (Phi) is 2.76. The Morgan fingerprint density at radius 1 is 1.67 bits per heavy atom. The molecule has 1 fully saturated rings. The van der Waals surface area contributed by atoms with Crippen LogP contribution in [0.3, 0.4) is 0 Å². The van der Waals surface area contributed by atoms with E-state index in [2.05, 4.69) is 24.8 Å². The van der Waals surface area contributed by atoms with Crippen LogP contribution in [0.25, 0.3) is 0 Å². The smallest absolute Gasteiger partial charge is 0.0685 e. The van der Waals surface area contributed by atoms with Crippen LogP contribution >= 0.6 is 0 Å². The first kappa shape index (κ1) is 9.57. The zero-order valence-corrected chi connectivity index (χ0v) is 8.01. The van der Waals surface area contributed by atoms with Gasteiger partial charge >= 0.3 is 0 Å². The highest BCUT2D eigenvalue weighted by atomic mass is 15.2. The summed E-state index contributed by atoms with van der Waals surface area (Å²) >= 11 is 0. The first-order valence-electron chi connectivity index (χ1n) is 4.55. The zero-order chi connectivity index (χ0) is 9.19. The predicted molar refractivity (Wildman–Crippen MR) is 51.7 cm³/mol. The Hall–Kier alpha value is -0.520. The second kappa shape index (κ2) is 3.47. The van der Waals surface area contributed by atoms with Gasteiger partial charge in [-0.1, -0.05) is 5.92 Å². The molecular formula is C10H18N2. The quantitative estimate of drug-likeness (QED) is 0.629. The van der Waals surface area contributed by atoms with Gasteiger partial charge in [-0.25, -0.2) is 0 Å². The molecule has 2 heteroatoms. The standard InChI is InChI=1S/C10H18N2/c1-4-9(2)12(3)10(8-11)6-5-7-10/h1,9H,5-8,11H2,2-3H3. The fraction of sp³-hybridized carbons (Fsp3) is 0.800. The zero-order valence-electron chi connectivity index (χ0n) is 8.01. The lowest BCUT2D eigenvalue weighted by molar-refractivity contribution is 0.0332. The molecule has 68 valence electrons. The molecule has 1 unspecified atom stereocenters. The fourth-order valence-corrected chi connectivity index (χ4v) is 1.81. The van der Waals surface area contributed by atoms with E-state index >= 15 is 0 Å². The molecule has 1 aliphatic rings. The topological polar surface area (TPSA) is 29.3 Å². The minimum Gasteiger partial charge on any atom is -0.329 e. The molecule has 12 heavy (non-hydrogen) atoms. The van der Waals surface area contributed by atoms with Crippen LogP contribution in [0.5, 0.6) is 0 Å². The van der Waals surface area contributed by atoms with Crippen LogP contribution in [0.15, 0.2) is 0 Å². The van der Waals surface area contributed by atoms with Crippen molar-refractivity contribution in [1.82, 2.24) is 4.90 Å². The summed E-state index contributed by atoms with van der Waals surface area (Å²) in [7, 11) is 2.08. The molecule has 1 saturated carbocycles. The van der Waals surface area contributed by atoms with E-state index in [1.165, 1.54) is 19.3 Å². The Bertz CT molecular complexity index is 183. The molecule has 0 aromatic heterocycles. The first-order valence-corrected chi connectivity index (χ1v) is 4.55. The molecule has 0 heterocycles. The van der Waals surface area contributed by atoms with Gasteiger partial charge in [-0.3, -0.25) is 4.90 Å². The number of rotatable bonds is 3. The molecule has 0 spiro atoms. The van der Waals surface area contributed by atoms with Gasteiger partial charge in [0.25, 0.3) is 0 Å². The van der Waals surface area contributed by atoms with E-state index in [1.54, 1.807) is 0 Å². The summed E-state index contributed by atoms with van der Waals surface area (Å²) in [5, 5.41) is 0. The molecule has 0 saturated heterocycles. The van der Waals surface area contributed by atoms with Crippen LogP contribution in [-0.2, 0) is 0 Å². The second-order valence-corrected chi connectivity index (χ2v) is 3.74. The van der Waals surface area contributed by atoms with Crippen molar-refractivity contribution in [2.45, 2.75) is 37.8 Å². The van der Waals surface area contributed by atoms with E-state index in [4.69, 9.17) is 12.2 Å². The van der Waals surface area contributed by atoms with E-state index in [0.717, 1.165) is 6.54 Å². The van der Waals surface area contributed by atoms with Gasteiger partial charge < -0.3 is 5.73 Å². The number of hydrogen-bond donors (Lipinski definition) is 1. The number of nitrogens with zero attached hydrogens (tertiary/aromatic N) is 1. The van der Waals surface area contributed by atoms with Crippen LogP contribution in [-0.4, -0.2) is 30.1 Å². The molecule has 1 aliphatic carbocycles. The predicted octanol–water partition coefficient (Wildman–Crippen LogP) is 0.821. The van der Waals surface area contributed by atoms with Crippen molar-refractivity contribution in [3.63, 3.8) is 0 Å². The monoisotopic (exact) mass is 166 g/mol. The Labute approximate surface area is 75.1 Å². The van der Waals surface area contributed by atoms with Crippen molar-refractivity contribution in [3.05, 3.63) is 0 Å². The van der Waals surface area contributed by atoms with E-state index in [9.17, 15) is 0 Å². The third kappa shape index (κ3) is 1.35. The van der Waals surface area contributed by atoms with Gasteiger partial charge in [0.15, 0.2) is 0 Å². The molecule has 1 atom stereocenters.